The molecule has 0 radical (unpaired) electrons. The van der Waals surface area contributed by atoms with E-state index in [1.165, 1.54) is 24.1 Å². The second kappa shape index (κ2) is 9.42. The third kappa shape index (κ3) is 6.11. The quantitative estimate of drug-likeness (QED) is 0.298. The minimum absolute atomic E-state index is 0.0327. The van der Waals surface area contributed by atoms with E-state index >= 15 is 0 Å². The number of sulfonamides is 1. The number of fused-ring (bicyclic) bond motifs is 1. The van der Waals surface area contributed by atoms with Gasteiger partial charge in [0.2, 0.25) is 5.09 Å². The molecule has 0 atom stereocenters. The van der Waals surface area contributed by atoms with Crippen molar-refractivity contribution in [3.63, 3.8) is 0 Å². The van der Waals surface area contributed by atoms with Crippen LogP contribution in [-0.4, -0.2) is 23.1 Å². The Morgan fingerprint density at radius 1 is 0.909 bits per heavy atom. The number of thioether (sulfide) groups is 1. The van der Waals surface area contributed by atoms with Crippen LogP contribution in [0.1, 0.15) is 11.1 Å². The molecule has 4 aromatic rings. The number of benzene rings is 3. The summed E-state index contributed by atoms with van der Waals surface area (Å²) < 4.78 is 57.2. The number of para-hydroxylation sites is 1. The summed E-state index contributed by atoms with van der Waals surface area (Å²) in [6.07, 6.45) is 1.20. The van der Waals surface area contributed by atoms with Crippen LogP contribution in [0.5, 0.6) is 0 Å². The zero-order chi connectivity index (χ0) is 23.6. The van der Waals surface area contributed by atoms with Crippen LogP contribution in [0.25, 0.3) is 11.0 Å². The second-order valence-electron chi connectivity index (χ2n) is 7.53. The molecule has 33 heavy (non-hydrogen) atoms. The maximum atomic E-state index is 13.0. The van der Waals surface area contributed by atoms with E-state index in [0.717, 1.165) is 5.56 Å². The van der Waals surface area contributed by atoms with Crippen LogP contribution in [0, 0.1) is 0 Å². The van der Waals surface area contributed by atoms with Crippen molar-refractivity contribution in [3.05, 3.63) is 88.9 Å². The molecular formula is C23H20ClNO5S3. The fraction of sp³-hybridized carbons (Fsp3) is 0.130. The molecule has 10 heteroatoms. The number of rotatable bonds is 8. The van der Waals surface area contributed by atoms with Gasteiger partial charge in [0.05, 0.1) is 11.4 Å². The number of anilines is 1. The highest BCUT2D eigenvalue weighted by atomic mass is 35.5. The summed E-state index contributed by atoms with van der Waals surface area (Å²) in [6, 6.07) is 20.8. The molecule has 0 saturated carbocycles. The Balaban J connectivity index is 1.56. The van der Waals surface area contributed by atoms with Crippen molar-refractivity contribution in [1.29, 1.82) is 0 Å². The second-order valence-corrected chi connectivity index (χ2v) is 12.7. The topological polar surface area (TPSA) is 93.5 Å². The number of nitrogens with one attached hydrogen (secondary N) is 1. The molecule has 1 aromatic heterocycles. The first-order chi connectivity index (χ1) is 15.6. The molecule has 0 saturated heterocycles. The summed E-state index contributed by atoms with van der Waals surface area (Å²) in [6.45, 7) is 0. The average molecular weight is 522 g/mol. The van der Waals surface area contributed by atoms with Gasteiger partial charge in [-0.3, -0.25) is 4.72 Å². The highest BCUT2D eigenvalue weighted by Crippen LogP contribution is 2.34. The highest BCUT2D eigenvalue weighted by molar-refractivity contribution is 7.98. The zero-order valence-electron chi connectivity index (χ0n) is 17.5. The minimum atomic E-state index is -3.98. The average Bonchev–Trinajstić information content (AvgIpc) is 3.17. The van der Waals surface area contributed by atoms with E-state index in [0.29, 0.717) is 37.9 Å². The first kappa shape index (κ1) is 23.7. The van der Waals surface area contributed by atoms with Gasteiger partial charge in [-0.25, -0.2) is 8.42 Å². The largest absolute Gasteiger partial charge is 0.443 e. The van der Waals surface area contributed by atoms with E-state index in [1.807, 2.05) is 18.2 Å². The predicted molar refractivity (Wildman–Crippen MR) is 133 cm³/mol. The molecule has 0 aliphatic carbocycles. The number of hydrogen-bond acceptors (Lipinski definition) is 6. The SMILES string of the molecule is CS(=O)(=O)Cc1cccc(CSc2ccc(Cl)cc2NS(=O)(=O)c2cc3ccccc3o2)c1. The van der Waals surface area contributed by atoms with Crippen LogP contribution in [0.4, 0.5) is 5.69 Å². The van der Waals surface area contributed by atoms with Crippen LogP contribution >= 0.6 is 23.4 Å². The van der Waals surface area contributed by atoms with E-state index < -0.39 is 19.9 Å². The van der Waals surface area contributed by atoms with E-state index in [4.69, 9.17) is 16.0 Å². The van der Waals surface area contributed by atoms with Crippen molar-refractivity contribution in [2.45, 2.75) is 21.5 Å². The lowest BCUT2D eigenvalue weighted by Crippen LogP contribution is -2.12. The normalized spacial score (nSPS) is 12.2. The van der Waals surface area contributed by atoms with Gasteiger partial charge < -0.3 is 4.42 Å². The first-order valence-electron chi connectivity index (χ1n) is 9.78. The lowest BCUT2D eigenvalue weighted by atomic mass is 10.2. The Labute approximate surface area is 201 Å². The summed E-state index contributed by atoms with van der Waals surface area (Å²) in [5.41, 5.74) is 2.44. The van der Waals surface area contributed by atoms with Crippen molar-refractivity contribution in [2.75, 3.05) is 11.0 Å². The molecule has 0 aliphatic rings. The Morgan fingerprint density at radius 3 is 2.42 bits per heavy atom. The number of halogens is 1. The van der Waals surface area contributed by atoms with E-state index in [9.17, 15) is 16.8 Å². The molecule has 0 unspecified atom stereocenters. The molecular weight excluding hydrogens is 502 g/mol. The summed E-state index contributed by atoms with van der Waals surface area (Å²) >= 11 is 7.54. The van der Waals surface area contributed by atoms with Crippen LogP contribution < -0.4 is 4.72 Å². The third-order valence-corrected chi connectivity index (χ3v) is 8.13. The fourth-order valence-corrected chi connectivity index (χ4v) is 6.26. The Hall–Kier alpha value is -2.46. The van der Waals surface area contributed by atoms with Crippen LogP contribution in [0.3, 0.4) is 0 Å². The summed E-state index contributed by atoms with van der Waals surface area (Å²) in [5.74, 6) is 0.480. The molecule has 4 rings (SSSR count). The van der Waals surface area contributed by atoms with E-state index in [-0.39, 0.29) is 10.8 Å². The minimum Gasteiger partial charge on any atom is -0.443 e. The first-order valence-corrected chi connectivity index (χ1v) is 14.7. The van der Waals surface area contributed by atoms with Gasteiger partial charge >= 0.3 is 0 Å². The van der Waals surface area contributed by atoms with Gasteiger partial charge in [0, 0.05) is 33.4 Å². The number of hydrogen-bond donors (Lipinski definition) is 1. The summed E-state index contributed by atoms with van der Waals surface area (Å²) in [4.78, 5) is 0.674. The third-order valence-electron chi connectivity index (χ3n) is 4.67. The molecule has 172 valence electrons. The van der Waals surface area contributed by atoms with Gasteiger partial charge in [0.1, 0.15) is 5.58 Å². The Kier molecular flexibility index (Phi) is 6.76. The molecule has 1 N–H and O–H groups in total. The van der Waals surface area contributed by atoms with Gasteiger partial charge in [-0.2, -0.15) is 8.42 Å². The molecule has 0 bridgehead atoms. The van der Waals surface area contributed by atoms with E-state index in [2.05, 4.69) is 4.72 Å². The predicted octanol–water partition coefficient (Wildman–Crippen LogP) is 5.72. The zero-order valence-corrected chi connectivity index (χ0v) is 20.7. The lowest BCUT2D eigenvalue weighted by molar-refractivity contribution is 0.484. The molecule has 6 nitrogen and oxygen atoms in total. The number of furan rings is 1. The molecule has 0 aliphatic heterocycles. The number of sulfone groups is 1. The van der Waals surface area contributed by atoms with Crippen molar-refractivity contribution < 1.29 is 21.3 Å². The van der Waals surface area contributed by atoms with Crippen LogP contribution in [-0.2, 0) is 31.4 Å². The van der Waals surface area contributed by atoms with Crippen molar-refractivity contribution in [2.24, 2.45) is 0 Å². The van der Waals surface area contributed by atoms with E-state index in [1.54, 1.807) is 48.5 Å². The highest BCUT2D eigenvalue weighted by Gasteiger charge is 2.21. The van der Waals surface area contributed by atoms with Gasteiger partial charge in [-0.05, 0) is 35.4 Å². The lowest BCUT2D eigenvalue weighted by Gasteiger charge is -2.12. The van der Waals surface area contributed by atoms with Gasteiger partial charge in [0.25, 0.3) is 10.0 Å². The van der Waals surface area contributed by atoms with Gasteiger partial charge in [0.15, 0.2) is 9.84 Å². The smallest absolute Gasteiger partial charge is 0.295 e. The summed E-state index contributed by atoms with van der Waals surface area (Å²) in [5, 5.41) is 0.887. The van der Waals surface area contributed by atoms with Gasteiger partial charge in [-0.15, -0.1) is 11.8 Å². The standard InChI is InChI=1S/C23H20ClNO5S3/c1-32(26,27)15-17-6-4-5-16(11-17)14-31-22-10-9-19(24)13-20(22)25-33(28,29)23-12-18-7-2-3-8-21(18)30-23/h2-13,25H,14-15H2,1H3. The molecule has 0 amide bonds. The van der Waals surface area contributed by atoms with Crippen LogP contribution in [0.2, 0.25) is 5.02 Å². The molecule has 0 spiro atoms. The monoisotopic (exact) mass is 521 g/mol. The van der Waals surface area contributed by atoms with Gasteiger partial charge in [-0.1, -0.05) is 54.1 Å². The molecule has 3 aromatic carbocycles. The molecule has 0 fully saturated rings. The summed E-state index contributed by atoms with van der Waals surface area (Å²) in [7, 11) is -7.12. The maximum absolute atomic E-state index is 13.0. The van der Waals surface area contributed by atoms with Crippen molar-refractivity contribution in [1.82, 2.24) is 0 Å². The van der Waals surface area contributed by atoms with Crippen molar-refractivity contribution >= 4 is 59.9 Å². The van der Waals surface area contributed by atoms with Crippen LogP contribution in [0.15, 0.2) is 87.2 Å². The molecule has 1 heterocycles. The fourth-order valence-electron chi connectivity index (χ4n) is 3.27. The Bertz CT molecular complexity index is 1500. The maximum Gasteiger partial charge on any atom is 0.295 e. The Morgan fingerprint density at radius 2 is 1.67 bits per heavy atom. The van der Waals surface area contributed by atoms with Crippen molar-refractivity contribution in [3.8, 4) is 0 Å².